The highest BCUT2D eigenvalue weighted by Gasteiger charge is 2.25. The summed E-state index contributed by atoms with van der Waals surface area (Å²) >= 11 is 0. The Labute approximate surface area is 198 Å². The molecule has 0 bridgehead atoms. The number of ether oxygens (including phenoxy) is 1. The number of nitrogens with zero attached hydrogens (tertiary/aromatic N) is 2. The van der Waals surface area contributed by atoms with Gasteiger partial charge in [0.15, 0.2) is 11.0 Å². The Morgan fingerprint density at radius 1 is 0.882 bits per heavy atom. The van der Waals surface area contributed by atoms with Crippen molar-refractivity contribution in [1.82, 2.24) is 4.90 Å². The van der Waals surface area contributed by atoms with Crippen molar-refractivity contribution >= 4 is 22.6 Å². The molecule has 1 saturated heterocycles. The molecular formula is C28H26N2O4. The van der Waals surface area contributed by atoms with Gasteiger partial charge in [0.05, 0.1) is 18.1 Å². The molecular weight excluding hydrogens is 428 g/mol. The number of rotatable bonds is 4. The zero-order valence-corrected chi connectivity index (χ0v) is 19.3. The highest BCUT2D eigenvalue weighted by atomic mass is 16.5. The molecule has 0 atom stereocenters. The van der Waals surface area contributed by atoms with E-state index in [1.807, 2.05) is 59.5 Å². The standard InChI is InChI=1S/C28H26N2O4/c1-19-25(31)23-9-6-10-24(27(23)34-26(19)20-7-4-3-5-8-20)28(32)30-17-15-29(16-18-30)21-11-13-22(33-2)14-12-21/h3-14H,15-18H2,1-2H3. The molecule has 1 amide bonds. The van der Waals surface area contributed by atoms with Crippen molar-refractivity contribution in [3.8, 4) is 17.1 Å². The average Bonchev–Trinajstić information content (AvgIpc) is 2.90. The fourth-order valence-electron chi connectivity index (χ4n) is 4.47. The Balaban J connectivity index is 1.43. The van der Waals surface area contributed by atoms with E-state index in [9.17, 15) is 9.59 Å². The summed E-state index contributed by atoms with van der Waals surface area (Å²) in [5.74, 6) is 1.20. The summed E-state index contributed by atoms with van der Waals surface area (Å²) in [6, 6.07) is 22.7. The quantitative estimate of drug-likeness (QED) is 0.446. The summed E-state index contributed by atoms with van der Waals surface area (Å²) in [7, 11) is 1.65. The first-order valence-electron chi connectivity index (χ1n) is 11.4. The molecule has 5 rings (SSSR count). The first kappa shape index (κ1) is 21.8. The second-order valence-electron chi connectivity index (χ2n) is 8.41. The highest BCUT2D eigenvalue weighted by molar-refractivity contribution is 6.05. The molecule has 0 aliphatic carbocycles. The lowest BCUT2D eigenvalue weighted by atomic mass is 10.0. The summed E-state index contributed by atoms with van der Waals surface area (Å²) in [5.41, 5.74) is 3.11. The fraction of sp³-hybridized carbons (Fsp3) is 0.214. The van der Waals surface area contributed by atoms with Gasteiger partial charge in [0.2, 0.25) is 0 Å². The molecule has 4 aromatic rings. The highest BCUT2D eigenvalue weighted by Crippen LogP contribution is 2.28. The van der Waals surface area contributed by atoms with Crippen LogP contribution in [0, 0.1) is 6.92 Å². The van der Waals surface area contributed by atoms with Gasteiger partial charge in [0.25, 0.3) is 5.91 Å². The van der Waals surface area contributed by atoms with E-state index in [0.717, 1.165) is 30.1 Å². The van der Waals surface area contributed by atoms with Crippen LogP contribution >= 0.6 is 0 Å². The van der Waals surface area contributed by atoms with Crippen LogP contribution in [0.2, 0.25) is 0 Å². The SMILES string of the molecule is COc1ccc(N2CCN(C(=O)c3cccc4c(=O)c(C)c(-c5ccccc5)oc34)CC2)cc1. The monoisotopic (exact) mass is 454 g/mol. The van der Waals surface area contributed by atoms with Crippen molar-refractivity contribution < 1.29 is 13.9 Å². The number of carbonyl (C=O) groups is 1. The molecule has 172 valence electrons. The summed E-state index contributed by atoms with van der Waals surface area (Å²) in [6.07, 6.45) is 0. The number of para-hydroxylation sites is 1. The molecule has 6 nitrogen and oxygen atoms in total. The van der Waals surface area contributed by atoms with Crippen molar-refractivity contribution in [1.29, 1.82) is 0 Å². The zero-order valence-electron chi connectivity index (χ0n) is 19.3. The van der Waals surface area contributed by atoms with Gasteiger partial charge >= 0.3 is 0 Å². The van der Waals surface area contributed by atoms with Crippen LogP contribution in [0.1, 0.15) is 15.9 Å². The first-order chi connectivity index (χ1) is 16.6. The molecule has 0 spiro atoms. The molecule has 1 aliphatic rings. The van der Waals surface area contributed by atoms with E-state index in [2.05, 4.69) is 4.90 Å². The number of amides is 1. The van der Waals surface area contributed by atoms with E-state index < -0.39 is 0 Å². The lowest BCUT2D eigenvalue weighted by Crippen LogP contribution is -2.48. The summed E-state index contributed by atoms with van der Waals surface area (Å²) in [5, 5.41) is 0.430. The van der Waals surface area contributed by atoms with Crippen LogP contribution in [-0.2, 0) is 0 Å². The molecule has 1 aromatic heterocycles. The van der Waals surface area contributed by atoms with Crippen molar-refractivity contribution in [3.05, 3.63) is 94.1 Å². The van der Waals surface area contributed by atoms with Crippen LogP contribution in [0.5, 0.6) is 5.75 Å². The molecule has 34 heavy (non-hydrogen) atoms. The summed E-state index contributed by atoms with van der Waals surface area (Å²) in [6.45, 7) is 4.38. The van der Waals surface area contributed by atoms with Gasteiger partial charge in [-0.05, 0) is 43.3 Å². The van der Waals surface area contributed by atoms with Crippen molar-refractivity contribution in [3.63, 3.8) is 0 Å². The van der Waals surface area contributed by atoms with Gasteiger partial charge in [0, 0.05) is 43.0 Å². The average molecular weight is 455 g/mol. The van der Waals surface area contributed by atoms with Gasteiger partial charge in [-0.25, -0.2) is 0 Å². The number of anilines is 1. The predicted octanol–water partition coefficient (Wildman–Crippen LogP) is 4.74. The lowest BCUT2D eigenvalue weighted by molar-refractivity contribution is 0.0747. The number of piperazine rings is 1. The maximum absolute atomic E-state index is 13.5. The number of hydrogen-bond acceptors (Lipinski definition) is 5. The Kier molecular flexibility index (Phi) is 5.80. The number of hydrogen-bond donors (Lipinski definition) is 0. The minimum Gasteiger partial charge on any atom is -0.497 e. The molecule has 0 saturated carbocycles. The van der Waals surface area contributed by atoms with Crippen LogP contribution in [-0.4, -0.2) is 44.1 Å². The summed E-state index contributed by atoms with van der Waals surface area (Å²) in [4.78, 5) is 30.7. The van der Waals surface area contributed by atoms with Crippen molar-refractivity contribution in [2.45, 2.75) is 6.92 Å². The minimum absolute atomic E-state index is 0.112. The van der Waals surface area contributed by atoms with Gasteiger partial charge in [-0.2, -0.15) is 0 Å². The molecule has 2 heterocycles. The van der Waals surface area contributed by atoms with Crippen LogP contribution in [0.15, 0.2) is 82.0 Å². The topological polar surface area (TPSA) is 63.0 Å². The molecule has 6 heteroatoms. The Morgan fingerprint density at radius 2 is 1.59 bits per heavy atom. The van der Waals surface area contributed by atoms with Crippen LogP contribution in [0.3, 0.4) is 0 Å². The zero-order chi connectivity index (χ0) is 23.7. The van der Waals surface area contributed by atoms with E-state index in [0.29, 0.717) is 40.9 Å². The fourth-order valence-corrected chi connectivity index (χ4v) is 4.47. The third-order valence-electron chi connectivity index (χ3n) is 6.42. The largest absolute Gasteiger partial charge is 0.497 e. The minimum atomic E-state index is -0.119. The van der Waals surface area contributed by atoms with Gasteiger partial charge in [-0.3, -0.25) is 9.59 Å². The van der Waals surface area contributed by atoms with Gasteiger partial charge < -0.3 is 19.0 Å². The maximum atomic E-state index is 13.5. The first-order valence-corrected chi connectivity index (χ1v) is 11.4. The smallest absolute Gasteiger partial charge is 0.257 e. The Hall–Kier alpha value is -4.06. The Morgan fingerprint density at radius 3 is 2.26 bits per heavy atom. The second kappa shape index (κ2) is 9.06. The van der Waals surface area contributed by atoms with Crippen LogP contribution in [0.4, 0.5) is 5.69 Å². The maximum Gasteiger partial charge on any atom is 0.257 e. The van der Waals surface area contributed by atoms with Gasteiger partial charge in [0.1, 0.15) is 11.5 Å². The number of fused-ring (bicyclic) bond motifs is 1. The predicted molar refractivity (Wildman–Crippen MR) is 134 cm³/mol. The molecule has 1 aliphatic heterocycles. The molecule has 0 N–H and O–H groups in total. The second-order valence-corrected chi connectivity index (χ2v) is 8.41. The van der Waals surface area contributed by atoms with E-state index in [4.69, 9.17) is 9.15 Å². The van der Waals surface area contributed by atoms with E-state index in [1.54, 1.807) is 32.2 Å². The van der Waals surface area contributed by atoms with Crippen molar-refractivity contribution in [2.24, 2.45) is 0 Å². The lowest BCUT2D eigenvalue weighted by Gasteiger charge is -2.36. The van der Waals surface area contributed by atoms with E-state index >= 15 is 0 Å². The number of carbonyl (C=O) groups excluding carboxylic acids is 1. The van der Waals surface area contributed by atoms with Crippen LogP contribution in [0.25, 0.3) is 22.3 Å². The Bertz CT molecular complexity index is 1390. The normalized spacial score (nSPS) is 13.8. The molecule has 0 radical (unpaired) electrons. The van der Waals surface area contributed by atoms with E-state index in [1.165, 1.54) is 0 Å². The molecule has 3 aromatic carbocycles. The number of methoxy groups -OCH3 is 1. The molecule has 1 fully saturated rings. The van der Waals surface area contributed by atoms with Crippen LogP contribution < -0.4 is 15.1 Å². The molecule has 0 unspecified atom stereocenters. The van der Waals surface area contributed by atoms with Gasteiger partial charge in [-0.1, -0.05) is 36.4 Å². The summed E-state index contributed by atoms with van der Waals surface area (Å²) < 4.78 is 11.5. The third-order valence-corrected chi connectivity index (χ3v) is 6.42. The van der Waals surface area contributed by atoms with Crippen molar-refractivity contribution in [2.75, 3.05) is 38.2 Å². The third kappa shape index (κ3) is 3.92. The van der Waals surface area contributed by atoms with E-state index in [-0.39, 0.29) is 11.3 Å². The number of benzene rings is 3. The van der Waals surface area contributed by atoms with Gasteiger partial charge in [-0.15, -0.1) is 0 Å².